The summed E-state index contributed by atoms with van der Waals surface area (Å²) in [5.41, 5.74) is 0. The van der Waals surface area contributed by atoms with Crippen LogP contribution >= 0.6 is 0 Å². The predicted octanol–water partition coefficient (Wildman–Crippen LogP) is -0.0424. The van der Waals surface area contributed by atoms with E-state index in [0.717, 1.165) is 51.1 Å². The molecule has 22 heavy (non-hydrogen) atoms. The first kappa shape index (κ1) is 16.5. The van der Waals surface area contributed by atoms with Gasteiger partial charge in [-0.2, -0.15) is 0 Å². The summed E-state index contributed by atoms with van der Waals surface area (Å²) in [6.45, 7) is 6.79. The second-order valence-electron chi connectivity index (χ2n) is 4.92. The quantitative estimate of drug-likeness (QED) is 0.418. The molecule has 1 saturated heterocycles. The van der Waals surface area contributed by atoms with E-state index in [0.29, 0.717) is 13.2 Å². The van der Waals surface area contributed by atoms with Crippen molar-refractivity contribution in [3.63, 3.8) is 0 Å². The highest BCUT2D eigenvalue weighted by Gasteiger charge is 2.09. The van der Waals surface area contributed by atoms with Crippen LogP contribution in [0.4, 0.5) is 0 Å². The summed E-state index contributed by atoms with van der Waals surface area (Å²) in [6, 6.07) is 3.75. The minimum Gasteiger partial charge on any atom is -0.490 e. The van der Waals surface area contributed by atoms with Gasteiger partial charge in [-0.05, 0) is 12.1 Å². The highest BCUT2D eigenvalue weighted by Crippen LogP contribution is 2.04. The standard InChI is InChI=1S/C15H25N5O2/c1-16-15(18-5-7-20-8-11-21-12-9-20)19-6-10-22-14-3-2-4-17-13-14/h2-4,13H,5-12H2,1H3,(H2,16,18,19). The van der Waals surface area contributed by atoms with Crippen LogP contribution in [0.25, 0.3) is 0 Å². The maximum Gasteiger partial charge on any atom is 0.191 e. The lowest BCUT2D eigenvalue weighted by atomic mass is 10.4. The lowest BCUT2D eigenvalue weighted by Crippen LogP contribution is -2.45. The van der Waals surface area contributed by atoms with Gasteiger partial charge < -0.3 is 20.1 Å². The molecule has 0 spiro atoms. The van der Waals surface area contributed by atoms with Gasteiger partial charge in [-0.15, -0.1) is 0 Å². The zero-order valence-corrected chi connectivity index (χ0v) is 13.1. The van der Waals surface area contributed by atoms with Crippen molar-refractivity contribution in [2.45, 2.75) is 0 Å². The normalized spacial score (nSPS) is 16.3. The van der Waals surface area contributed by atoms with Crippen molar-refractivity contribution in [2.75, 3.05) is 59.6 Å². The largest absolute Gasteiger partial charge is 0.490 e. The first-order valence-corrected chi connectivity index (χ1v) is 7.66. The van der Waals surface area contributed by atoms with Crippen LogP contribution in [-0.2, 0) is 4.74 Å². The number of aliphatic imine (C=N–C) groups is 1. The zero-order valence-electron chi connectivity index (χ0n) is 13.1. The number of rotatable bonds is 7. The van der Waals surface area contributed by atoms with E-state index in [1.54, 1.807) is 19.4 Å². The Balaban J connectivity index is 1.55. The highest BCUT2D eigenvalue weighted by atomic mass is 16.5. The van der Waals surface area contributed by atoms with Gasteiger partial charge in [0.15, 0.2) is 5.96 Å². The number of pyridine rings is 1. The molecule has 2 rings (SSSR count). The van der Waals surface area contributed by atoms with Crippen LogP contribution in [0.1, 0.15) is 0 Å². The second-order valence-corrected chi connectivity index (χ2v) is 4.92. The van der Waals surface area contributed by atoms with Gasteiger partial charge in [-0.1, -0.05) is 0 Å². The Morgan fingerprint density at radius 2 is 2.18 bits per heavy atom. The molecule has 7 nitrogen and oxygen atoms in total. The Labute approximate surface area is 131 Å². The molecule has 122 valence electrons. The molecule has 1 aliphatic rings. The van der Waals surface area contributed by atoms with Gasteiger partial charge in [-0.3, -0.25) is 14.9 Å². The fourth-order valence-electron chi connectivity index (χ4n) is 2.15. The van der Waals surface area contributed by atoms with Gasteiger partial charge >= 0.3 is 0 Å². The third-order valence-electron chi connectivity index (χ3n) is 3.35. The summed E-state index contributed by atoms with van der Waals surface area (Å²) in [6.07, 6.45) is 3.43. The molecule has 1 aromatic rings. The number of guanidine groups is 1. The van der Waals surface area contributed by atoms with Gasteiger partial charge in [0.2, 0.25) is 0 Å². The van der Waals surface area contributed by atoms with Crippen LogP contribution < -0.4 is 15.4 Å². The summed E-state index contributed by atoms with van der Waals surface area (Å²) in [5.74, 6) is 1.57. The van der Waals surface area contributed by atoms with Gasteiger partial charge in [-0.25, -0.2) is 0 Å². The molecule has 1 aromatic heterocycles. The molecule has 0 unspecified atom stereocenters. The van der Waals surface area contributed by atoms with Gasteiger partial charge in [0.05, 0.1) is 26.0 Å². The van der Waals surface area contributed by atoms with Crippen LogP contribution in [0.2, 0.25) is 0 Å². The second kappa shape index (κ2) is 9.97. The lowest BCUT2D eigenvalue weighted by molar-refractivity contribution is 0.0389. The van der Waals surface area contributed by atoms with Crippen molar-refractivity contribution < 1.29 is 9.47 Å². The molecule has 2 N–H and O–H groups in total. The number of ether oxygens (including phenoxy) is 2. The number of morpholine rings is 1. The molecule has 0 bridgehead atoms. The Kier molecular flexibility index (Phi) is 7.48. The smallest absolute Gasteiger partial charge is 0.191 e. The van der Waals surface area contributed by atoms with Gasteiger partial charge in [0.1, 0.15) is 12.4 Å². The van der Waals surface area contributed by atoms with Crippen LogP contribution in [0.3, 0.4) is 0 Å². The monoisotopic (exact) mass is 307 g/mol. The third kappa shape index (κ3) is 6.28. The van der Waals surface area contributed by atoms with Crippen molar-refractivity contribution in [1.29, 1.82) is 0 Å². The number of aromatic nitrogens is 1. The fourth-order valence-corrected chi connectivity index (χ4v) is 2.15. The number of nitrogens with one attached hydrogen (secondary N) is 2. The van der Waals surface area contributed by atoms with Crippen LogP contribution in [-0.4, -0.2) is 75.4 Å². The Morgan fingerprint density at radius 1 is 1.36 bits per heavy atom. The molecular weight excluding hydrogens is 282 g/mol. The van der Waals surface area contributed by atoms with Gasteiger partial charge in [0.25, 0.3) is 0 Å². The zero-order chi connectivity index (χ0) is 15.5. The van der Waals surface area contributed by atoms with Crippen molar-refractivity contribution in [3.05, 3.63) is 24.5 Å². The molecule has 1 aliphatic heterocycles. The van der Waals surface area contributed by atoms with Crippen LogP contribution in [0, 0.1) is 0 Å². The molecule has 0 aromatic carbocycles. The van der Waals surface area contributed by atoms with E-state index in [9.17, 15) is 0 Å². The molecule has 0 saturated carbocycles. The summed E-state index contributed by atoms with van der Waals surface area (Å²) in [5, 5.41) is 6.53. The van der Waals surface area contributed by atoms with E-state index in [2.05, 4.69) is 25.5 Å². The average molecular weight is 307 g/mol. The van der Waals surface area contributed by atoms with Crippen molar-refractivity contribution in [2.24, 2.45) is 4.99 Å². The lowest BCUT2D eigenvalue weighted by Gasteiger charge is -2.26. The summed E-state index contributed by atoms with van der Waals surface area (Å²) in [4.78, 5) is 10.6. The molecular formula is C15H25N5O2. The molecule has 7 heteroatoms. The Hall–Kier alpha value is -1.86. The topological polar surface area (TPSA) is 71.0 Å². The molecule has 2 heterocycles. The van der Waals surface area contributed by atoms with E-state index >= 15 is 0 Å². The molecule has 0 radical (unpaired) electrons. The summed E-state index contributed by atoms with van der Waals surface area (Å²) < 4.78 is 10.9. The van der Waals surface area contributed by atoms with E-state index in [4.69, 9.17) is 9.47 Å². The summed E-state index contributed by atoms with van der Waals surface area (Å²) >= 11 is 0. The first-order chi connectivity index (χ1) is 10.9. The minimum absolute atomic E-state index is 0.565. The van der Waals surface area contributed by atoms with E-state index in [1.165, 1.54) is 0 Å². The van der Waals surface area contributed by atoms with E-state index < -0.39 is 0 Å². The first-order valence-electron chi connectivity index (χ1n) is 7.66. The Morgan fingerprint density at radius 3 is 2.91 bits per heavy atom. The average Bonchev–Trinajstić information content (AvgIpc) is 2.59. The molecule has 0 aliphatic carbocycles. The number of hydrogen-bond acceptors (Lipinski definition) is 5. The minimum atomic E-state index is 0.565. The number of hydrogen-bond donors (Lipinski definition) is 2. The maximum absolute atomic E-state index is 5.57. The maximum atomic E-state index is 5.57. The number of nitrogens with zero attached hydrogens (tertiary/aromatic N) is 3. The van der Waals surface area contributed by atoms with E-state index in [1.807, 2.05) is 12.1 Å². The van der Waals surface area contributed by atoms with Gasteiger partial charge in [0, 0.05) is 39.4 Å². The third-order valence-corrected chi connectivity index (χ3v) is 3.35. The van der Waals surface area contributed by atoms with E-state index in [-0.39, 0.29) is 0 Å². The SMILES string of the molecule is CN=C(NCCOc1cccnc1)NCCN1CCOCC1. The van der Waals surface area contributed by atoms with Crippen LogP contribution in [0.15, 0.2) is 29.5 Å². The predicted molar refractivity (Wildman–Crippen MR) is 86.4 cm³/mol. The fraction of sp³-hybridized carbons (Fsp3) is 0.600. The van der Waals surface area contributed by atoms with Crippen molar-refractivity contribution in [3.8, 4) is 5.75 Å². The highest BCUT2D eigenvalue weighted by molar-refractivity contribution is 5.79. The van der Waals surface area contributed by atoms with Crippen molar-refractivity contribution in [1.82, 2.24) is 20.5 Å². The Bertz CT molecular complexity index is 435. The molecule has 1 fully saturated rings. The van der Waals surface area contributed by atoms with Crippen LogP contribution in [0.5, 0.6) is 5.75 Å². The van der Waals surface area contributed by atoms with Crippen molar-refractivity contribution >= 4 is 5.96 Å². The summed E-state index contributed by atoms with van der Waals surface area (Å²) in [7, 11) is 1.77. The molecule has 0 atom stereocenters. The molecule has 0 amide bonds.